The van der Waals surface area contributed by atoms with Crippen molar-refractivity contribution in [2.45, 2.75) is 6.54 Å². The summed E-state index contributed by atoms with van der Waals surface area (Å²) in [5.74, 6) is 0.896. The van der Waals surface area contributed by atoms with Crippen LogP contribution in [0.5, 0.6) is 17.2 Å². The Morgan fingerprint density at radius 2 is 1.67 bits per heavy atom. The van der Waals surface area contributed by atoms with Gasteiger partial charge >= 0.3 is 0 Å². The quantitative estimate of drug-likeness (QED) is 0.469. The maximum absolute atomic E-state index is 13.3. The molecule has 168 valence electrons. The van der Waals surface area contributed by atoms with Gasteiger partial charge in [0.15, 0.2) is 11.5 Å². The fourth-order valence-corrected chi connectivity index (χ4v) is 3.65. The highest BCUT2D eigenvalue weighted by Crippen LogP contribution is 2.39. The maximum atomic E-state index is 13.3. The van der Waals surface area contributed by atoms with E-state index in [0.717, 1.165) is 5.56 Å². The number of nitrogens with one attached hydrogen (secondary N) is 1. The SMILES string of the molecule is COc1cc(-n2cc(C(=O)NCc3cccnc3)c3ccccc3c2=O)cc(OC)c1OC. The first-order valence-electron chi connectivity index (χ1n) is 10.2. The number of hydrogen-bond acceptors (Lipinski definition) is 6. The summed E-state index contributed by atoms with van der Waals surface area (Å²) in [6.45, 7) is 0.310. The predicted octanol–water partition coefficient (Wildman–Crippen LogP) is 3.34. The molecule has 8 nitrogen and oxygen atoms in total. The van der Waals surface area contributed by atoms with Crippen molar-refractivity contribution in [3.8, 4) is 22.9 Å². The van der Waals surface area contributed by atoms with E-state index < -0.39 is 0 Å². The molecule has 0 fully saturated rings. The van der Waals surface area contributed by atoms with Crippen molar-refractivity contribution in [1.29, 1.82) is 0 Å². The van der Waals surface area contributed by atoms with Gasteiger partial charge in [-0.25, -0.2) is 0 Å². The molecule has 8 heteroatoms. The summed E-state index contributed by atoms with van der Waals surface area (Å²) >= 11 is 0. The summed E-state index contributed by atoms with van der Waals surface area (Å²) in [7, 11) is 4.51. The van der Waals surface area contributed by atoms with Gasteiger partial charge in [-0.2, -0.15) is 0 Å². The van der Waals surface area contributed by atoms with Crippen LogP contribution in [-0.2, 0) is 6.54 Å². The second-order valence-corrected chi connectivity index (χ2v) is 7.19. The van der Waals surface area contributed by atoms with Crippen LogP contribution in [0.3, 0.4) is 0 Å². The Labute approximate surface area is 190 Å². The van der Waals surface area contributed by atoms with E-state index in [1.165, 1.54) is 32.1 Å². The number of rotatable bonds is 7. The number of aromatic nitrogens is 2. The molecule has 0 aliphatic carbocycles. The van der Waals surface area contributed by atoms with Gasteiger partial charge in [-0.15, -0.1) is 0 Å². The molecule has 2 aromatic heterocycles. The van der Waals surface area contributed by atoms with Crippen LogP contribution in [-0.4, -0.2) is 36.8 Å². The van der Waals surface area contributed by atoms with Crippen molar-refractivity contribution < 1.29 is 19.0 Å². The number of methoxy groups -OCH3 is 3. The Bertz CT molecular complexity index is 1340. The third-order valence-electron chi connectivity index (χ3n) is 5.27. The van der Waals surface area contributed by atoms with Gasteiger partial charge in [0.2, 0.25) is 5.75 Å². The third kappa shape index (κ3) is 4.23. The molecule has 33 heavy (non-hydrogen) atoms. The first-order valence-corrected chi connectivity index (χ1v) is 10.2. The number of carbonyl (C=O) groups excluding carboxylic acids is 1. The van der Waals surface area contributed by atoms with Gasteiger partial charge in [0.1, 0.15) is 0 Å². The molecule has 0 radical (unpaired) electrons. The molecule has 0 saturated heterocycles. The molecule has 1 N–H and O–H groups in total. The van der Waals surface area contributed by atoms with Gasteiger partial charge in [-0.1, -0.05) is 24.3 Å². The minimum Gasteiger partial charge on any atom is -0.493 e. The number of benzene rings is 2. The van der Waals surface area contributed by atoms with E-state index in [2.05, 4.69) is 10.3 Å². The minimum atomic E-state index is -0.309. The number of carbonyl (C=O) groups is 1. The summed E-state index contributed by atoms with van der Waals surface area (Å²) in [5, 5.41) is 3.89. The monoisotopic (exact) mass is 445 g/mol. The Hall–Kier alpha value is -4.33. The van der Waals surface area contributed by atoms with E-state index in [9.17, 15) is 9.59 Å². The lowest BCUT2D eigenvalue weighted by atomic mass is 10.1. The first kappa shape index (κ1) is 21.9. The van der Waals surface area contributed by atoms with Crippen LogP contribution in [0.1, 0.15) is 15.9 Å². The minimum absolute atomic E-state index is 0.274. The molecule has 0 bridgehead atoms. The molecule has 0 unspecified atom stereocenters. The average Bonchev–Trinajstić information content (AvgIpc) is 2.87. The van der Waals surface area contributed by atoms with Crippen LogP contribution in [0.25, 0.3) is 16.5 Å². The summed E-state index contributed by atoms with van der Waals surface area (Å²) in [6.07, 6.45) is 4.89. The highest BCUT2D eigenvalue weighted by atomic mass is 16.5. The number of amides is 1. The van der Waals surface area contributed by atoms with Crippen molar-refractivity contribution in [3.63, 3.8) is 0 Å². The van der Waals surface area contributed by atoms with Crippen molar-refractivity contribution in [2.75, 3.05) is 21.3 Å². The van der Waals surface area contributed by atoms with E-state index in [4.69, 9.17) is 14.2 Å². The Morgan fingerprint density at radius 1 is 0.970 bits per heavy atom. The van der Waals surface area contributed by atoms with Crippen LogP contribution in [0.4, 0.5) is 0 Å². The number of ether oxygens (including phenoxy) is 3. The summed E-state index contributed by atoms with van der Waals surface area (Å²) in [5.41, 5.74) is 1.43. The maximum Gasteiger partial charge on any atom is 0.263 e. The molecule has 4 aromatic rings. The molecule has 1 amide bonds. The van der Waals surface area contributed by atoms with Crippen molar-refractivity contribution in [2.24, 2.45) is 0 Å². The third-order valence-corrected chi connectivity index (χ3v) is 5.27. The molecule has 2 aromatic carbocycles. The Balaban J connectivity index is 1.85. The molecule has 0 atom stereocenters. The lowest BCUT2D eigenvalue weighted by molar-refractivity contribution is 0.0952. The first-order chi connectivity index (χ1) is 16.1. The van der Waals surface area contributed by atoms with E-state index in [0.29, 0.717) is 45.8 Å². The molecule has 0 saturated carbocycles. The highest BCUT2D eigenvalue weighted by Gasteiger charge is 2.19. The standard InChI is InChI=1S/C25H23N3O5/c1-31-21-11-17(12-22(32-2)23(21)33-3)28-15-20(18-8-4-5-9-19(18)25(28)30)24(29)27-14-16-7-6-10-26-13-16/h4-13,15H,14H2,1-3H3,(H,27,29). The Kier molecular flexibility index (Phi) is 6.26. The smallest absolute Gasteiger partial charge is 0.263 e. The van der Waals surface area contributed by atoms with Crippen LogP contribution in [0, 0.1) is 0 Å². The second-order valence-electron chi connectivity index (χ2n) is 7.19. The van der Waals surface area contributed by atoms with Gasteiger partial charge < -0.3 is 19.5 Å². The average molecular weight is 445 g/mol. The van der Waals surface area contributed by atoms with Crippen LogP contribution < -0.4 is 25.1 Å². The largest absolute Gasteiger partial charge is 0.493 e. The zero-order valence-electron chi connectivity index (χ0n) is 18.5. The zero-order valence-corrected chi connectivity index (χ0v) is 18.5. The van der Waals surface area contributed by atoms with E-state index in [-0.39, 0.29) is 11.5 Å². The zero-order chi connectivity index (χ0) is 23.4. The molecular formula is C25H23N3O5. The summed E-state index contributed by atoms with van der Waals surface area (Å²) in [6, 6.07) is 14.0. The number of nitrogens with zero attached hydrogens (tertiary/aromatic N) is 2. The van der Waals surface area contributed by atoms with Crippen LogP contribution >= 0.6 is 0 Å². The lowest BCUT2D eigenvalue weighted by Crippen LogP contribution is -2.27. The number of pyridine rings is 2. The van der Waals surface area contributed by atoms with E-state index >= 15 is 0 Å². The topological polar surface area (TPSA) is 91.7 Å². The van der Waals surface area contributed by atoms with Gasteiger partial charge in [0, 0.05) is 48.0 Å². The van der Waals surface area contributed by atoms with E-state index in [1.54, 1.807) is 48.8 Å². The van der Waals surface area contributed by atoms with Crippen molar-refractivity contribution in [1.82, 2.24) is 14.9 Å². The highest BCUT2D eigenvalue weighted by molar-refractivity contribution is 6.06. The normalized spacial score (nSPS) is 10.6. The summed E-state index contributed by atoms with van der Waals surface area (Å²) < 4.78 is 17.6. The number of hydrogen-bond donors (Lipinski definition) is 1. The van der Waals surface area contributed by atoms with Crippen molar-refractivity contribution in [3.05, 3.63) is 88.6 Å². The van der Waals surface area contributed by atoms with Crippen LogP contribution in [0.2, 0.25) is 0 Å². The Morgan fingerprint density at radius 3 is 2.27 bits per heavy atom. The fourth-order valence-electron chi connectivity index (χ4n) is 3.65. The predicted molar refractivity (Wildman–Crippen MR) is 125 cm³/mol. The molecular weight excluding hydrogens is 422 g/mol. The molecule has 0 aliphatic heterocycles. The lowest BCUT2D eigenvalue weighted by Gasteiger charge is -2.17. The van der Waals surface area contributed by atoms with E-state index in [1.807, 2.05) is 12.1 Å². The van der Waals surface area contributed by atoms with Gasteiger partial charge in [0.25, 0.3) is 11.5 Å². The molecule has 4 rings (SSSR count). The number of fused-ring (bicyclic) bond motifs is 1. The second kappa shape index (κ2) is 9.44. The molecule has 0 aliphatic rings. The summed E-state index contributed by atoms with van der Waals surface area (Å²) in [4.78, 5) is 30.6. The van der Waals surface area contributed by atoms with Gasteiger partial charge in [-0.05, 0) is 17.7 Å². The molecule has 0 spiro atoms. The van der Waals surface area contributed by atoms with Gasteiger partial charge in [0.05, 0.1) is 32.6 Å². The van der Waals surface area contributed by atoms with Crippen molar-refractivity contribution >= 4 is 16.7 Å². The van der Waals surface area contributed by atoms with Gasteiger partial charge in [-0.3, -0.25) is 19.1 Å². The van der Waals surface area contributed by atoms with Crippen LogP contribution in [0.15, 0.2) is 71.9 Å². The fraction of sp³-hybridized carbons (Fsp3) is 0.160. The molecule has 2 heterocycles.